The summed E-state index contributed by atoms with van der Waals surface area (Å²) in [6, 6.07) is 8.54. The van der Waals surface area contributed by atoms with Gasteiger partial charge in [-0.3, -0.25) is 9.59 Å². The zero-order valence-electron chi connectivity index (χ0n) is 13.8. The van der Waals surface area contributed by atoms with Crippen molar-refractivity contribution in [1.82, 2.24) is 10.2 Å². The number of carbonyl (C=O) groups excluding carboxylic acids is 2. The second-order valence-corrected chi connectivity index (χ2v) is 6.29. The highest BCUT2D eigenvalue weighted by molar-refractivity contribution is 5.89. The number of benzene rings is 1. The summed E-state index contributed by atoms with van der Waals surface area (Å²) in [6.07, 6.45) is 2.09. The molecular formula is C18H26N2O2. The fraction of sp³-hybridized carbons (Fsp3) is 0.556. The number of rotatable bonds is 6. The SMILES string of the molecule is CC[C@H](C)NC(=O)[C@H]1CC(=O)N(CCc2ccc(C)cc2)C1. The first-order valence-electron chi connectivity index (χ1n) is 8.13. The monoisotopic (exact) mass is 302 g/mol. The van der Waals surface area contributed by atoms with Crippen LogP contribution in [0.5, 0.6) is 0 Å². The van der Waals surface area contributed by atoms with Crippen molar-refractivity contribution in [2.24, 2.45) is 5.92 Å². The van der Waals surface area contributed by atoms with Crippen molar-refractivity contribution in [1.29, 1.82) is 0 Å². The molecular weight excluding hydrogens is 276 g/mol. The summed E-state index contributed by atoms with van der Waals surface area (Å²) < 4.78 is 0. The van der Waals surface area contributed by atoms with E-state index in [1.807, 2.05) is 18.7 Å². The van der Waals surface area contributed by atoms with E-state index in [9.17, 15) is 9.59 Å². The Bertz CT molecular complexity index is 524. The predicted molar refractivity (Wildman–Crippen MR) is 87.5 cm³/mol. The third kappa shape index (κ3) is 4.33. The molecule has 1 fully saturated rings. The Balaban J connectivity index is 1.84. The van der Waals surface area contributed by atoms with Crippen molar-refractivity contribution in [3.63, 3.8) is 0 Å². The van der Waals surface area contributed by atoms with Crippen molar-refractivity contribution < 1.29 is 9.59 Å². The van der Waals surface area contributed by atoms with Crippen LogP contribution in [0.2, 0.25) is 0 Å². The summed E-state index contributed by atoms with van der Waals surface area (Å²) in [6.45, 7) is 7.33. The zero-order valence-corrected chi connectivity index (χ0v) is 13.8. The molecule has 1 heterocycles. The van der Waals surface area contributed by atoms with E-state index in [0.717, 1.165) is 12.8 Å². The van der Waals surface area contributed by atoms with E-state index in [0.29, 0.717) is 19.5 Å². The van der Waals surface area contributed by atoms with Gasteiger partial charge in [0.1, 0.15) is 0 Å². The molecule has 1 aliphatic heterocycles. The molecule has 0 aliphatic carbocycles. The lowest BCUT2D eigenvalue weighted by atomic mass is 10.1. The third-order valence-electron chi connectivity index (χ3n) is 4.38. The largest absolute Gasteiger partial charge is 0.353 e. The Morgan fingerprint density at radius 1 is 1.36 bits per heavy atom. The van der Waals surface area contributed by atoms with Gasteiger partial charge < -0.3 is 10.2 Å². The number of carbonyl (C=O) groups is 2. The number of hydrogen-bond donors (Lipinski definition) is 1. The van der Waals surface area contributed by atoms with Gasteiger partial charge in [-0.15, -0.1) is 0 Å². The van der Waals surface area contributed by atoms with Crippen LogP contribution in [0.25, 0.3) is 0 Å². The molecule has 1 N–H and O–H groups in total. The highest BCUT2D eigenvalue weighted by Crippen LogP contribution is 2.19. The molecule has 1 aromatic rings. The fourth-order valence-electron chi connectivity index (χ4n) is 2.65. The second kappa shape index (κ2) is 7.43. The van der Waals surface area contributed by atoms with Gasteiger partial charge in [0, 0.05) is 25.6 Å². The number of hydrogen-bond acceptors (Lipinski definition) is 2. The first kappa shape index (κ1) is 16.5. The standard InChI is InChI=1S/C18H26N2O2/c1-4-14(3)19-18(22)16-11-17(21)20(12-16)10-9-15-7-5-13(2)6-8-15/h5-8,14,16H,4,9-12H2,1-3H3,(H,19,22)/t14-,16-/m0/s1. The summed E-state index contributed by atoms with van der Waals surface area (Å²) >= 11 is 0. The zero-order chi connectivity index (χ0) is 16.1. The van der Waals surface area contributed by atoms with E-state index in [4.69, 9.17) is 0 Å². The van der Waals surface area contributed by atoms with Gasteiger partial charge in [0.05, 0.1) is 5.92 Å². The van der Waals surface area contributed by atoms with Crippen molar-refractivity contribution in [3.8, 4) is 0 Å². The molecule has 1 aliphatic rings. The van der Waals surface area contributed by atoms with E-state index in [2.05, 4.69) is 36.5 Å². The van der Waals surface area contributed by atoms with Gasteiger partial charge >= 0.3 is 0 Å². The minimum absolute atomic E-state index is 0.0144. The highest BCUT2D eigenvalue weighted by atomic mass is 16.2. The number of likely N-dealkylation sites (tertiary alicyclic amines) is 1. The smallest absolute Gasteiger partial charge is 0.225 e. The van der Waals surface area contributed by atoms with Crippen LogP contribution in [0.1, 0.15) is 37.8 Å². The minimum atomic E-state index is -0.195. The molecule has 0 bridgehead atoms. The van der Waals surface area contributed by atoms with E-state index < -0.39 is 0 Å². The molecule has 2 rings (SSSR count). The molecule has 2 atom stereocenters. The topological polar surface area (TPSA) is 49.4 Å². The third-order valence-corrected chi connectivity index (χ3v) is 4.38. The Labute approximate surface area is 132 Å². The van der Waals surface area contributed by atoms with Crippen LogP contribution in [0.15, 0.2) is 24.3 Å². The Morgan fingerprint density at radius 2 is 2.05 bits per heavy atom. The molecule has 1 aromatic carbocycles. The molecule has 0 radical (unpaired) electrons. The molecule has 0 aromatic heterocycles. The number of nitrogens with zero attached hydrogens (tertiary/aromatic N) is 1. The second-order valence-electron chi connectivity index (χ2n) is 6.29. The maximum atomic E-state index is 12.1. The van der Waals surface area contributed by atoms with Gasteiger partial charge in [0.2, 0.25) is 11.8 Å². The Kier molecular flexibility index (Phi) is 5.58. The highest BCUT2D eigenvalue weighted by Gasteiger charge is 2.34. The van der Waals surface area contributed by atoms with Crippen LogP contribution in [0.3, 0.4) is 0 Å². The van der Waals surface area contributed by atoms with E-state index in [1.54, 1.807) is 0 Å². The molecule has 4 heteroatoms. The normalized spacial score (nSPS) is 19.3. The minimum Gasteiger partial charge on any atom is -0.353 e. The van der Waals surface area contributed by atoms with Crippen LogP contribution in [0.4, 0.5) is 0 Å². The average molecular weight is 302 g/mol. The molecule has 0 unspecified atom stereocenters. The van der Waals surface area contributed by atoms with Gasteiger partial charge in [0.15, 0.2) is 0 Å². The first-order valence-corrected chi connectivity index (χ1v) is 8.13. The van der Waals surface area contributed by atoms with E-state index in [-0.39, 0.29) is 23.8 Å². The van der Waals surface area contributed by atoms with Gasteiger partial charge in [-0.2, -0.15) is 0 Å². The average Bonchev–Trinajstić information content (AvgIpc) is 2.88. The Hall–Kier alpha value is -1.84. The summed E-state index contributed by atoms with van der Waals surface area (Å²) in [5, 5.41) is 2.97. The molecule has 0 spiro atoms. The van der Waals surface area contributed by atoms with Crippen molar-refractivity contribution in [2.75, 3.05) is 13.1 Å². The number of aryl methyl sites for hydroxylation is 1. The molecule has 2 amide bonds. The van der Waals surface area contributed by atoms with Crippen LogP contribution in [0, 0.1) is 12.8 Å². The van der Waals surface area contributed by atoms with Gasteiger partial charge in [-0.1, -0.05) is 36.8 Å². The fourth-order valence-corrected chi connectivity index (χ4v) is 2.65. The predicted octanol–water partition coefficient (Wildman–Crippen LogP) is 2.30. The van der Waals surface area contributed by atoms with Gasteiger partial charge in [-0.05, 0) is 32.3 Å². The van der Waals surface area contributed by atoms with Gasteiger partial charge in [-0.25, -0.2) is 0 Å². The van der Waals surface area contributed by atoms with Crippen molar-refractivity contribution >= 4 is 11.8 Å². The first-order chi connectivity index (χ1) is 10.5. The molecule has 0 saturated carbocycles. The van der Waals surface area contributed by atoms with E-state index >= 15 is 0 Å². The molecule has 120 valence electrons. The maximum Gasteiger partial charge on any atom is 0.225 e. The van der Waals surface area contributed by atoms with Crippen molar-refractivity contribution in [3.05, 3.63) is 35.4 Å². The number of amides is 2. The summed E-state index contributed by atoms with van der Waals surface area (Å²) in [5.74, 6) is -0.0866. The van der Waals surface area contributed by atoms with E-state index in [1.165, 1.54) is 11.1 Å². The molecule has 1 saturated heterocycles. The maximum absolute atomic E-state index is 12.1. The summed E-state index contributed by atoms with van der Waals surface area (Å²) in [4.78, 5) is 26.0. The quantitative estimate of drug-likeness (QED) is 0.876. The summed E-state index contributed by atoms with van der Waals surface area (Å²) in [5.41, 5.74) is 2.47. The number of nitrogens with one attached hydrogen (secondary N) is 1. The Morgan fingerprint density at radius 3 is 2.68 bits per heavy atom. The van der Waals surface area contributed by atoms with Crippen LogP contribution in [-0.2, 0) is 16.0 Å². The molecule has 22 heavy (non-hydrogen) atoms. The lowest BCUT2D eigenvalue weighted by Crippen LogP contribution is -2.38. The van der Waals surface area contributed by atoms with Crippen molar-refractivity contribution in [2.45, 2.75) is 46.1 Å². The van der Waals surface area contributed by atoms with Crippen LogP contribution >= 0.6 is 0 Å². The van der Waals surface area contributed by atoms with Crippen LogP contribution in [-0.4, -0.2) is 35.8 Å². The summed E-state index contributed by atoms with van der Waals surface area (Å²) in [7, 11) is 0. The van der Waals surface area contributed by atoms with Crippen LogP contribution < -0.4 is 5.32 Å². The lowest BCUT2D eigenvalue weighted by Gasteiger charge is -2.18. The lowest BCUT2D eigenvalue weighted by molar-refractivity contribution is -0.129. The van der Waals surface area contributed by atoms with Gasteiger partial charge in [0.25, 0.3) is 0 Å². The molecule has 4 nitrogen and oxygen atoms in total.